The number of aliphatic hydroxyl groups excluding tert-OH is 1. The first-order valence-electron chi connectivity index (χ1n) is 5.96. The van der Waals surface area contributed by atoms with Crippen molar-refractivity contribution in [2.75, 3.05) is 18.8 Å². The normalized spacial score (nSPS) is 14.2. The minimum absolute atomic E-state index is 0.00388. The maximum atomic E-state index is 12.8. The van der Waals surface area contributed by atoms with Crippen molar-refractivity contribution in [3.8, 4) is 0 Å². The number of halogens is 3. The fourth-order valence-corrected chi connectivity index (χ4v) is 3.29. The number of likely N-dealkylation sites (N-methyl/N-ethyl adjacent to an activating group) is 1. The first-order chi connectivity index (χ1) is 9.18. The zero-order chi connectivity index (χ0) is 15.4. The Morgan fingerprint density at radius 2 is 1.90 bits per heavy atom. The molecule has 1 rings (SSSR count). The van der Waals surface area contributed by atoms with E-state index in [9.17, 15) is 26.7 Å². The highest BCUT2D eigenvalue weighted by molar-refractivity contribution is 7.91. The lowest BCUT2D eigenvalue weighted by molar-refractivity contribution is -0.139. The summed E-state index contributed by atoms with van der Waals surface area (Å²) in [5, 5.41) is 12.3. The van der Waals surface area contributed by atoms with Crippen molar-refractivity contribution in [1.29, 1.82) is 0 Å². The summed E-state index contributed by atoms with van der Waals surface area (Å²) < 4.78 is 62.3. The fourth-order valence-electron chi connectivity index (χ4n) is 1.68. The van der Waals surface area contributed by atoms with E-state index in [1.165, 1.54) is 6.07 Å². The average Bonchev–Trinajstić information content (AvgIpc) is 2.35. The van der Waals surface area contributed by atoms with E-state index in [1.807, 2.05) is 0 Å². The van der Waals surface area contributed by atoms with Gasteiger partial charge in [-0.1, -0.05) is 19.1 Å². The molecule has 114 valence electrons. The van der Waals surface area contributed by atoms with Gasteiger partial charge in [-0.3, -0.25) is 0 Å². The molecule has 0 heterocycles. The van der Waals surface area contributed by atoms with E-state index in [-0.39, 0.29) is 6.54 Å². The summed E-state index contributed by atoms with van der Waals surface area (Å²) in [6.45, 7) is 2.29. The summed E-state index contributed by atoms with van der Waals surface area (Å²) in [6.07, 6.45) is -6.02. The van der Waals surface area contributed by atoms with Crippen LogP contribution in [0.1, 0.15) is 12.5 Å². The van der Waals surface area contributed by atoms with Crippen molar-refractivity contribution in [2.24, 2.45) is 0 Å². The van der Waals surface area contributed by atoms with Crippen molar-refractivity contribution in [3.05, 3.63) is 29.8 Å². The predicted molar refractivity (Wildman–Crippen MR) is 68.0 cm³/mol. The molecule has 0 saturated heterocycles. The molecular weight excluding hydrogens is 295 g/mol. The monoisotopic (exact) mass is 311 g/mol. The van der Waals surface area contributed by atoms with E-state index in [2.05, 4.69) is 5.32 Å². The highest BCUT2D eigenvalue weighted by Crippen LogP contribution is 2.34. The fraction of sp³-hybridized carbons (Fsp3) is 0.500. The molecule has 8 heteroatoms. The molecule has 0 aliphatic carbocycles. The number of nitrogens with one attached hydrogen (secondary N) is 1. The quantitative estimate of drug-likeness (QED) is 0.834. The first-order valence-corrected chi connectivity index (χ1v) is 7.61. The van der Waals surface area contributed by atoms with Gasteiger partial charge < -0.3 is 10.4 Å². The summed E-state index contributed by atoms with van der Waals surface area (Å²) in [5.74, 6) is -0.757. The Morgan fingerprint density at radius 1 is 1.30 bits per heavy atom. The van der Waals surface area contributed by atoms with Gasteiger partial charge in [0.05, 0.1) is 22.3 Å². The Labute approximate surface area is 115 Å². The van der Waals surface area contributed by atoms with Gasteiger partial charge in [-0.2, -0.15) is 13.2 Å². The molecule has 0 radical (unpaired) electrons. The van der Waals surface area contributed by atoms with Crippen LogP contribution in [0.15, 0.2) is 29.2 Å². The lowest BCUT2D eigenvalue weighted by Gasteiger charge is -2.15. The second kappa shape index (κ2) is 6.55. The van der Waals surface area contributed by atoms with Crippen LogP contribution in [0, 0.1) is 0 Å². The van der Waals surface area contributed by atoms with Crippen LogP contribution in [0.25, 0.3) is 0 Å². The highest BCUT2D eigenvalue weighted by atomic mass is 32.2. The molecule has 0 aliphatic rings. The SMILES string of the molecule is CCNCC(O)CS(=O)(=O)c1ccccc1C(F)(F)F. The molecule has 2 N–H and O–H groups in total. The van der Waals surface area contributed by atoms with Crippen LogP contribution in [0.5, 0.6) is 0 Å². The van der Waals surface area contributed by atoms with Crippen molar-refractivity contribution in [1.82, 2.24) is 5.32 Å². The Bertz CT molecular complexity index is 543. The number of rotatable bonds is 6. The maximum Gasteiger partial charge on any atom is 0.417 e. The van der Waals surface area contributed by atoms with Gasteiger partial charge in [-0.25, -0.2) is 8.42 Å². The summed E-state index contributed by atoms with van der Waals surface area (Å²) in [7, 11) is -4.21. The second-order valence-electron chi connectivity index (χ2n) is 4.24. The first kappa shape index (κ1) is 16.9. The Kier molecular flexibility index (Phi) is 5.55. The molecule has 1 aromatic rings. The van der Waals surface area contributed by atoms with Gasteiger partial charge >= 0.3 is 6.18 Å². The van der Waals surface area contributed by atoms with E-state index in [4.69, 9.17) is 0 Å². The second-order valence-corrected chi connectivity index (χ2v) is 6.24. The van der Waals surface area contributed by atoms with Gasteiger partial charge in [0.2, 0.25) is 0 Å². The van der Waals surface area contributed by atoms with E-state index < -0.39 is 38.3 Å². The number of benzene rings is 1. The molecule has 20 heavy (non-hydrogen) atoms. The number of alkyl halides is 3. The smallest absolute Gasteiger partial charge is 0.391 e. The molecule has 0 spiro atoms. The third-order valence-electron chi connectivity index (χ3n) is 2.57. The van der Waals surface area contributed by atoms with Crippen LogP contribution in [0.4, 0.5) is 13.2 Å². The zero-order valence-electron chi connectivity index (χ0n) is 10.8. The Balaban J connectivity index is 3.05. The van der Waals surface area contributed by atoms with Gasteiger partial charge in [-0.05, 0) is 18.7 Å². The third kappa shape index (κ3) is 4.46. The minimum Gasteiger partial charge on any atom is -0.391 e. The molecule has 0 fully saturated rings. The summed E-state index contributed by atoms with van der Waals surface area (Å²) >= 11 is 0. The average molecular weight is 311 g/mol. The largest absolute Gasteiger partial charge is 0.417 e. The zero-order valence-corrected chi connectivity index (χ0v) is 11.6. The third-order valence-corrected chi connectivity index (χ3v) is 4.42. The van der Waals surface area contributed by atoms with Gasteiger partial charge in [0.1, 0.15) is 0 Å². The van der Waals surface area contributed by atoms with E-state index in [0.717, 1.165) is 12.1 Å². The maximum absolute atomic E-state index is 12.8. The molecular formula is C12H16F3NO3S. The molecule has 0 amide bonds. The summed E-state index contributed by atoms with van der Waals surface area (Å²) in [4.78, 5) is -0.803. The van der Waals surface area contributed by atoms with Crippen LogP contribution < -0.4 is 5.32 Å². The molecule has 1 aromatic carbocycles. The number of hydrogen-bond donors (Lipinski definition) is 2. The van der Waals surface area contributed by atoms with E-state index >= 15 is 0 Å². The number of sulfone groups is 1. The Hall–Kier alpha value is -1.12. The van der Waals surface area contributed by atoms with E-state index in [1.54, 1.807) is 6.92 Å². The lowest BCUT2D eigenvalue weighted by Crippen LogP contribution is -2.33. The molecule has 0 saturated carbocycles. The van der Waals surface area contributed by atoms with Crippen molar-refractivity contribution in [2.45, 2.75) is 24.1 Å². The van der Waals surface area contributed by atoms with Gasteiger partial charge in [0.15, 0.2) is 9.84 Å². The molecule has 1 unspecified atom stereocenters. The predicted octanol–water partition coefficient (Wildman–Crippen LogP) is 1.45. The lowest BCUT2D eigenvalue weighted by atomic mass is 10.2. The van der Waals surface area contributed by atoms with Crippen LogP contribution in [0.2, 0.25) is 0 Å². The van der Waals surface area contributed by atoms with Crippen molar-refractivity contribution >= 4 is 9.84 Å². The van der Waals surface area contributed by atoms with Crippen LogP contribution in [-0.2, 0) is 16.0 Å². The topological polar surface area (TPSA) is 66.4 Å². The van der Waals surface area contributed by atoms with Crippen LogP contribution in [-0.4, -0.2) is 38.5 Å². The molecule has 0 aromatic heterocycles. The van der Waals surface area contributed by atoms with Crippen LogP contribution >= 0.6 is 0 Å². The molecule has 4 nitrogen and oxygen atoms in total. The molecule has 1 atom stereocenters. The standard InChI is InChI=1S/C12H16F3NO3S/c1-2-16-7-9(17)8-20(18,19)11-6-4-3-5-10(11)12(13,14)15/h3-6,9,16-17H,2,7-8H2,1H3. The Morgan fingerprint density at radius 3 is 2.45 bits per heavy atom. The summed E-state index contributed by atoms with van der Waals surface area (Å²) in [6, 6.07) is 3.96. The van der Waals surface area contributed by atoms with Crippen molar-refractivity contribution in [3.63, 3.8) is 0 Å². The van der Waals surface area contributed by atoms with Gasteiger partial charge in [0.25, 0.3) is 0 Å². The van der Waals surface area contributed by atoms with Crippen LogP contribution in [0.3, 0.4) is 0 Å². The summed E-state index contributed by atoms with van der Waals surface area (Å²) in [5.41, 5.74) is -1.21. The number of hydrogen-bond acceptors (Lipinski definition) is 4. The molecule has 0 aliphatic heterocycles. The van der Waals surface area contributed by atoms with Gasteiger partial charge in [-0.15, -0.1) is 0 Å². The van der Waals surface area contributed by atoms with Gasteiger partial charge in [0, 0.05) is 6.54 Å². The molecule has 0 bridgehead atoms. The number of aliphatic hydroxyl groups is 1. The minimum atomic E-state index is -4.75. The highest BCUT2D eigenvalue weighted by Gasteiger charge is 2.37. The van der Waals surface area contributed by atoms with E-state index in [0.29, 0.717) is 12.6 Å². The van der Waals surface area contributed by atoms with Crippen molar-refractivity contribution < 1.29 is 26.7 Å².